The summed E-state index contributed by atoms with van der Waals surface area (Å²) in [7, 11) is 0. The minimum atomic E-state index is -0.887. The Balaban J connectivity index is 2.01. The van der Waals surface area contributed by atoms with Crippen LogP contribution in [0.4, 0.5) is 4.39 Å². The average Bonchev–Trinajstić information content (AvgIpc) is 2.46. The van der Waals surface area contributed by atoms with Crippen LogP contribution in [0.2, 0.25) is 0 Å². The molecule has 0 aliphatic rings. The van der Waals surface area contributed by atoms with Crippen LogP contribution in [-0.4, -0.2) is 16.1 Å². The lowest BCUT2D eigenvalue weighted by molar-refractivity contribution is -0.141. The first-order valence-corrected chi connectivity index (χ1v) is 6.52. The second kappa shape index (κ2) is 6.80. The molecule has 1 atom stereocenters. The Morgan fingerprint density at radius 3 is 2.55 bits per heavy atom. The van der Waals surface area contributed by atoms with Gasteiger partial charge in [0.25, 0.3) is 0 Å². The lowest BCUT2D eigenvalue weighted by Gasteiger charge is -2.13. The molecule has 0 aliphatic heterocycles. The zero-order valence-electron chi connectivity index (χ0n) is 11.0. The number of hydrogen-bond donors (Lipinski definition) is 1. The van der Waals surface area contributed by atoms with Crippen LogP contribution >= 0.6 is 0 Å². The van der Waals surface area contributed by atoms with E-state index in [0.717, 1.165) is 5.56 Å². The van der Waals surface area contributed by atoms with Crippen LogP contribution in [-0.2, 0) is 17.6 Å². The van der Waals surface area contributed by atoms with E-state index in [1.165, 1.54) is 6.07 Å². The van der Waals surface area contributed by atoms with Crippen molar-refractivity contribution < 1.29 is 14.3 Å². The van der Waals surface area contributed by atoms with Crippen LogP contribution in [0.15, 0.2) is 48.8 Å². The molecule has 2 aromatic rings. The molecule has 1 N–H and O–H groups in total. The van der Waals surface area contributed by atoms with Gasteiger partial charge in [-0.05, 0) is 48.6 Å². The van der Waals surface area contributed by atoms with E-state index in [0.29, 0.717) is 18.4 Å². The van der Waals surface area contributed by atoms with E-state index in [2.05, 4.69) is 4.98 Å². The number of benzene rings is 1. The Bertz CT molecular complexity index is 572. The maximum Gasteiger partial charge on any atom is 0.306 e. The number of pyridine rings is 1. The lowest BCUT2D eigenvalue weighted by Crippen LogP contribution is -2.18. The molecule has 0 amide bonds. The summed E-state index contributed by atoms with van der Waals surface area (Å²) in [6.45, 7) is 0. The molecule has 0 aliphatic carbocycles. The molecular formula is C16H16FNO2. The first-order valence-electron chi connectivity index (χ1n) is 6.52. The van der Waals surface area contributed by atoms with Crippen molar-refractivity contribution in [2.45, 2.75) is 19.3 Å². The minimum Gasteiger partial charge on any atom is -0.481 e. The predicted molar refractivity (Wildman–Crippen MR) is 73.8 cm³/mol. The number of hydrogen-bond acceptors (Lipinski definition) is 2. The summed E-state index contributed by atoms with van der Waals surface area (Å²) in [5, 5.41) is 9.27. The van der Waals surface area contributed by atoms with E-state index in [1.54, 1.807) is 30.6 Å². The fourth-order valence-electron chi connectivity index (χ4n) is 2.13. The van der Waals surface area contributed by atoms with Crippen molar-refractivity contribution in [2.24, 2.45) is 5.92 Å². The predicted octanol–water partition coefficient (Wildman–Crippen LogP) is 3.10. The molecule has 0 spiro atoms. The molecule has 0 radical (unpaired) electrons. The van der Waals surface area contributed by atoms with Gasteiger partial charge in [-0.2, -0.15) is 0 Å². The molecule has 0 bridgehead atoms. The Labute approximate surface area is 117 Å². The molecule has 104 valence electrons. The van der Waals surface area contributed by atoms with E-state index < -0.39 is 11.9 Å². The van der Waals surface area contributed by atoms with Gasteiger partial charge in [0.15, 0.2) is 0 Å². The van der Waals surface area contributed by atoms with Crippen molar-refractivity contribution in [3.63, 3.8) is 0 Å². The van der Waals surface area contributed by atoms with E-state index >= 15 is 0 Å². The first-order chi connectivity index (χ1) is 9.66. The Morgan fingerprint density at radius 1 is 1.20 bits per heavy atom. The van der Waals surface area contributed by atoms with E-state index in [4.69, 9.17) is 0 Å². The Kier molecular flexibility index (Phi) is 4.82. The van der Waals surface area contributed by atoms with Crippen molar-refractivity contribution in [1.82, 2.24) is 4.98 Å². The van der Waals surface area contributed by atoms with Gasteiger partial charge in [0, 0.05) is 12.4 Å². The number of aryl methyl sites for hydroxylation is 1. The monoisotopic (exact) mass is 273 g/mol. The first kappa shape index (κ1) is 14.2. The molecule has 3 nitrogen and oxygen atoms in total. The number of halogens is 1. The Morgan fingerprint density at radius 2 is 1.90 bits per heavy atom. The number of aliphatic carboxylic acids is 1. The molecule has 1 aromatic heterocycles. The molecule has 0 saturated carbocycles. The van der Waals surface area contributed by atoms with E-state index in [1.807, 2.05) is 12.1 Å². The van der Waals surface area contributed by atoms with Gasteiger partial charge in [-0.1, -0.05) is 18.2 Å². The van der Waals surface area contributed by atoms with Crippen LogP contribution in [0.25, 0.3) is 0 Å². The fraction of sp³-hybridized carbons (Fsp3) is 0.250. The number of carboxylic acids is 1. The van der Waals surface area contributed by atoms with Crippen LogP contribution < -0.4 is 0 Å². The smallest absolute Gasteiger partial charge is 0.306 e. The van der Waals surface area contributed by atoms with Crippen LogP contribution in [0.5, 0.6) is 0 Å². The molecule has 0 fully saturated rings. The normalized spacial score (nSPS) is 12.1. The lowest BCUT2D eigenvalue weighted by atomic mass is 9.93. The number of carbonyl (C=O) groups is 1. The van der Waals surface area contributed by atoms with Crippen LogP contribution in [0.1, 0.15) is 17.5 Å². The van der Waals surface area contributed by atoms with Crippen molar-refractivity contribution >= 4 is 5.97 Å². The summed E-state index contributed by atoms with van der Waals surface area (Å²) in [4.78, 5) is 15.2. The summed E-state index contributed by atoms with van der Waals surface area (Å²) < 4.78 is 13.6. The van der Waals surface area contributed by atoms with Crippen LogP contribution in [0.3, 0.4) is 0 Å². The van der Waals surface area contributed by atoms with Gasteiger partial charge in [-0.3, -0.25) is 9.78 Å². The maximum atomic E-state index is 13.6. The summed E-state index contributed by atoms with van der Waals surface area (Å²) in [6, 6.07) is 10.0. The second-order valence-electron chi connectivity index (χ2n) is 4.72. The van der Waals surface area contributed by atoms with Gasteiger partial charge in [0.05, 0.1) is 5.92 Å². The largest absolute Gasteiger partial charge is 0.481 e. The van der Waals surface area contributed by atoms with Gasteiger partial charge < -0.3 is 5.11 Å². The standard InChI is InChI=1S/C16H16FNO2/c17-15-4-2-1-3-13(15)11-14(16(19)20)6-5-12-7-9-18-10-8-12/h1-4,7-10,14H,5-6,11H2,(H,19,20). The Hall–Kier alpha value is -2.23. The van der Waals surface area contributed by atoms with Crippen molar-refractivity contribution in [1.29, 1.82) is 0 Å². The number of aromatic nitrogens is 1. The quantitative estimate of drug-likeness (QED) is 0.879. The molecule has 20 heavy (non-hydrogen) atoms. The minimum absolute atomic E-state index is 0.215. The number of rotatable bonds is 6. The number of carboxylic acid groups (broad SMARTS) is 1. The molecular weight excluding hydrogens is 257 g/mol. The van der Waals surface area contributed by atoms with Gasteiger partial charge >= 0.3 is 5.97 Å². The van der Waals surface area contributed by atoms with Gasteiger partial charge in [0.1, 0.15) is 5.82 Å². The zero-order valence-corrected chi connectivity index (χ0v) is 11.0. The topological polar surface area (TPSA) is 50.2 Å². The van der Waals surface area contributed by atoms with Gasteiger partial charge in [-0.25, -0.2) is 4.39 Å². The summed E-state index contributed by atoms with van der Waals surface area (Å²) in [6.07, 6.45) is 4.71. The SMILES string of the molecule is O=C(O)C(CCc1ccncc1)Cc1ccccc1F. The number of nitrogens with zero attached hydrogens (tertiary/aromatic N) is 1. The van der Waals surface area contributed by atoms with Gasteiger partial charge in [0.2, 0.25) is 0 Å². The average molecular weight is 273 g/mol. The highest BCUT2D eigenvalue weighted by Gasteiger charge is 2.19. The van der Waals surface area contributed by atoms with E-state index in [-0.39, 0.29) is 12.2 Å². The molecule has 1 unspecified atom stereocenters. The zero-order chi connectivity index (χ0) is 14.4. The molecule has 0 saturated heterocycles. The van der Waals surface area contributed by atoms with Crippen LogP contribution in [0, 0.1) is 11.7 Å². The highest BCUT2D eigenvalue weighted by atomic mass is 19.1. The maximum absolute atomic E-state index is 13.6. The van der Waals surface area contributed by atoms with Gasteiger partial charge in [-0.15, -0.1) is 0 Å². The third kappa shape index (κ3) is 3.88. The van der Waals surface area contributed by atoms with E-state index in [9.17, 15) is 14.3 Å². The highest BCUT2D eigenvalue weighted by molar-refractivity contribution is 5.70. The summed E-state index contributed by atoms with van der Waals surface area (Å²) >= 11 is 0. The molecule has 2 rings (SSSR count). The molecule has 4 heteroatoms. The van der Waals surface area contributed by atoms with Crippen molar-refractivity contribution in [2.75, 3.05) is 0 Å². The van der Waals surface area contributed by atoms with Crippen molar-refractivity contribution in [3.8, 4) is 0 Å². The third-order valence-corrected chi connectivity index (χ3v) is 3.30. The molecule has 1 heterocycles. The third-order valence-electron chi connectivity index (χ3n) is 3.30. The molecule has 1 aromatic carbocycles. The second-order valence-corrected chi connectivity index (χ2v) is 4.72. The highest BCUT2D eigenvalue weighted by Crippen LogP contribution is 2.18. The van der Waals surface area contributed by atoms with Crippen molar-refractivity contribution in [3.05, 3.63) is 65.7 Å². The summed E-state index contributed by atoms with van der Waals surface area (Å²) in [5.74, 6) is -1.81. The fourth-order valence-corrected chi connectivity index (χ4v) is 2.13. The summed E-state index contributed by atoms with van der Waals surface area (Å²) in [5.41, 5.74) is 1.49.